The van der Waals surface area contributed by atoms with E-state index in [1.54, 1.807) is 18.1 Å². The number of fused-ring (bicyclic) bond motifs is 1. The van der Waals surface area contributed by atoms with Crippen LogP contribution in [0.2, 0.25) is 0 Å². The van der Waals surface area contributed by atoms with Crippen LogP contribution in [-0.2, 0) is 4.79 Å². The van der Waals surface area contributed by atoms with Crippen LogP contribution in [0.3, 0.4) is 0 Å². The number of amides is 1. The molecule has 1 aliphatic carbocycles. The van der Waals surface area contributed by atoms with Gasteiger partial charge in [0.15, 0.2) is 0 Å². The lowest BCUT2D eigenvalue weighted by molar-refractivity contribution is -0.121. The molecule has 2 aliphatic rings. The Bertz CT molecular complexity index is 767. The number of nitrogens with one attached hydrogen (secondary N) is 1. The summed E-state index contributed by atoms with van der Waals surface area (Å²) >= 11 is 0. The minimum atomic E-state index is -0.0230. The molecule has 1 amide bonds. The van der Waals surface area contributed by atoms with E-state index in [4.69, 9.17) is 0 Å². The van der Waals surface area contributed by atoms with Crippen molar-refractivity contribution in [1.29, 1.82) is 0 Å². The molecule has 0 radical (unpaired) electrons. The lowest BCUT2D eigenvalue weighted by Crippen LogP contribution is -2.28. The Hall–Kier alpha value is -2.43. The smallest absolute Gasteiger partial charge is 0.277 e. The standard InChI is InChI=1S/C15H14N4O/c1-19-14(9-4-5-9)18-12(15(19)20)7-10-8-17-13-11(10)3-2-6-16-13/h2-3,6-9H,4-5H2,1H3,(H,16,17)/b12-7-. The second-order valence-corrected chi connectivity index (χ2v) is 5.28. The topological polar surface area (TPSA) is 61.4 Å². The number of aromatic nitrogens is 2. The first-order chi connectivity index (χ1) is 9.74. The summed E-state index contributed by atoms with van der Waals surface area (Å²) < 4.78 is 0. The second kappa shape index (κ2) is 4.03. The van der Waals surface area contributed by atoms with Gasteiger partial charge in [-0.2, -0.15) is 0 Å². The van der Waals surface area contributed by atoms with E-state index in [9.17, 15) is 4.79 Å². The van der Waals surface area contributed by atoms with E-state index in [1.807, 2.05) is 24.4 Å². The molecule has 5 nitrogen and oxygen atoms in total. The first-order valence-electron chi connectivity index (χ1n) is 6.74. The Balaban J connectivity index is 1.78. The number of aliphatic imine (C=N–C) groups is 1. The van der Waals surface area contributed by atoms with Crippen LogP contribution >= 0.6 is 0 Å². The average molecular weight is 266 g/mol. The molecule has 4 rings (SSSR count). The molecule has 2 aromatic rings. The zero-order valence-electron chi connectivity index (χ0n) is 11.1. The number of carbonyl (C=O) groups is 1. The van der Waals surface area contributed by atoms with E-state index in [0.29, 0.717) is 11.6 Å². The van der Waals surface area contributed by atoms with Crippen molar-refractivity contribution in [3.8, 4) is 0 Å². The van der Waals surface area contributed by atoms with E-state index in [0.717, 1.165) is 35.3 Å². The number of aromatic amines is 1. The number of pyridine rings is 1. The van der Waals surface area contributed by atoms with Crippen molar-refractivity contribution < 1.29 is 4.79 Å². The third-order valence-corrected chi connectivity index (χ3v) is 3.82. The number of carbonyl (C=O) groups excluding carboxylic acids is 1. The molecule has 0 bridgehead atoms. The van der Waals surface area contributed by atoms with Crippen molar-refractivity contribution in [1.82, 2.24) is 14.9 Å². The van der Waals surface area contributed by atoms with Gasteiger partial charge in [0.1, 0.15) is 17.2 Å². The molecule has 100 valence electrons. The molecular formula is C15H14N4O. The molecule has 1 aliphatic heterocycles. The Morgan fingerprint density at radius 2 is 2.30 bits per heavy atom. The predicted molar refractivity (Wildman–Crippen MR) is 77.0 cm³/mol. The van der Waals surface area contributed by atoms with Crippen LogP contribution in [0.5, 0.6) is 0 Å². The van der Waals surface area contributed by atoms with Crippen LogP contribution in [0.25, 0.3) is 17.1 Å². The fourth-order valence-electron chi connectivity index (χ4n) is 2.57. The fourth-order valence-corrected chi connectivity index (χ4v) is 2.57. The summed E-state index contributed by atoms with van der Waals surface area (Å²) in [6.07, 6.45) is 7.73. The number of H-pyrrole nitrogens is 1. The van der Waals surface area contributed by atoms with Gasteiger partial charge in [-0.3, -0.25) is 9.69 Å². The van der Waals surface area contributed by atoms with Crippen molar-refractivity contribution in [2.45, 2.75) is 12.8 Å². The van der Waals surface area contributed by atoms with Gasteiger partial charge in [0.05, 0.1) is 0 Å². The number of hydrogen-bond donors (Lipinski definition) is 1. The highest BCUT2D eigenvalue weighted by Gasteiger charge is 2.37. The maximum absolute atomic E-state index is 12.2. The minimum Gasteiger partial charge on any atom is -0.346 e. The summed E-state index contributed by atoms with van der Waals surface area (Å²) in [6, 6.07) is 3.87. The molecule has 20 heavy (non-hydrogen) atoms. The zero-order chi connectivity index (χ0) is 13.7. The van der Waals surface area contributed by atoms with Crippen LogP contribution in [0, 0.1) is 5.92 Å². The van der Waals surface area contributed by atoms with Gasteiger partial charge in [-0.15, -0.1) is 0 Å². The van der Waals surface area contributed by atoms with Gasteiger partial charge in [-0.05, 0) is 31.1 Å². The number of rotatable bonds is 2. The van der Waals surface area contributed by atoms with Gasteiger partial charge < -0.3 is 4.98 Å². The lowest BCUT2D eigenvalue weighted by Gasteiger charge is -2.09. The summed E-state index contributed by atoms with van der Waals surface area (Å²) in [5, 5.41) is 1.01. The maximum Gasteiger partial charge on any atom is 0.277 e. The molecule has 5 heteroatoms. The largest absolute Gasteiger partial charge is 0.346 e. The van der Waals surface area contributed by atoms with Crippen molar-refractivity contribution in [3.05, 3.63) is 35.8 Å². The Morgan fingerprint density at radius 3 is 3.10 bits per heavy atom. The molecule has 0 unspecified atom stereocenters. The van der Waals surface area contributed by atoms with Crippen molar-refractivity contribution >= 4 is 28.9 Å². The average Bonchev–Trinajstić information content (AvgIpc) is 3.18. The van der Waals surface area contributed by atoms with E-state index >= 15 is 0 Å². The SMILES string of the molecule is CN1C(=O)/C(=C/c2c[nH]c3ncccc23)N=C1C1CC1. The molecule has 1 saturated carbocycles. The first kappa shape index (κ1) is 11.4. The molecule has 1 N–H and O–H groups in total. The van der Waals surface area contributed by atoms with Crippen molar-refractivity contribution in [2.24, 2.45) is 10.9 Å². The van der Waals surface area contributed by atoms with E-state index in [1.165, 1.54) is 0 Å². The normalized spacial score (nSPS) is 21.1. The van der Waals surface area contributed by atoms with Gasteiger partial charge in [0, 0.05) is 36.3 Å². The monoisotopic (exact) mass is 266 g/mol. The van der Waals surface area contributed by atoms with Crippen molar-refractivity contribution in [3.63, 3.8) is 0 Å². The minimum absolute atomic E-state index is 0.0230. The quantitative estimate of drug-likeness (QED) is 0.847. The van der Waals surface area contributed by atoms with Crippen LogP contribution in [0.15, 0.2) is 35.2 Å². The number of nitrogens with zero attached hydrogens (tertiary/aromatic N) is 3. The van der Waals surface area contributed by atoms with Gasteiger partial charge in [0.25, 0.3) is 5.91 Å². The molecule has 0 atom stereocenters. The number of hydrogen-bond acceptors (Lipinski definition) is 3. The van der Waals surface area contributed by atoms with E-state index < -0.39 is 0 Å². The van der Waals surface area contributed by atoms with E-state index in [2.05, 4.69) is 15.0 Å². The van der Waals surface area contributed by atoms with Crippen LogP contribution in [0.4, 0.5) is 0 Å². The highest BCUT2D eigenvalue weighted by atomic mass is 16.2. The van der Waals surface area contributed by atoms with E-state index in [-0.39, 0.29) is 5.91 Å². The molecule has 0 saturated heterocycles. The molecule has 0 aromatic carbocycles. The molecular weight excluding hydrogens is 252 g/mol. The number of likely N-dealkylation sites (N-methyl/N-ethyl adjacent to an activating group) is 1. The van der Waals surface area contributed by atoms with Crippen molar-refractivity contribution in [2.75, 3.05) is 7.05 Å². The summed E-state index contributed by atoms with van der Waals surface area (Å²) in [7, 11) is 1.80. The Labute approximate surface area is 116 Å². The Kier molecular flexibility index (Phi) is 2.30. The summed E-state index contributed by atoms with van der Waals surface area (Å²) in [5.74, 6) is 1.36. The Morgan fingerprint density at radius 1 is 1.45 bits per heavy atom. The highest BCUT2D eigenvalue weighted by Crippen LogP contribution is 2.35. The predicted octanol–water partition coefficient (Wildman–Crippen LogP) is 2.18. The zero-order valence-corrected chi connectivity index (χ0v) is 11.1. The van der Waals surface area contributed by atoms with Gasteiger partial charge in [-0.1, -0.05) is 0 Å². The molecule has 0 spiro atoms. The number of amidine groups is 1. The second-order valence-electron chi connectivity index (χ2n) is 5.28. The summed E-state index contributed by atoms with van der Waals surface area (Å²) in [6.45, 7) is 0. The molecule has 1 fully saturated rings. The van der Waals surface area contributed by atoms with Gasteiger partial charge in [0.2, 0.25) is 0 Å². The summed E-state index contributed by atoms with van der Waals surface area (Å²) in [5.41, 5.74) is 2.29. The maximum atomic E-state index is 12.2. The van der Waals surface area contributed by atoms with Crippen LogP contribution in [-0.4, -0.2) is 33.7 Å². The summed E-state index contributed by atoms with van der Waals surface area (Å²) in [4.78, 5) is 25.8. The lowest BCUT2D eigenvalue weighted by atomic mass is 10.2. The van der Waals surface area contributed by atoms with Crippen LogP contribution in [0.1, 0.15) is 18.4 Å². The van der Waals surface area contributed by atoms with Crippen LogP contribution < -0.4 is 0 Å². The third-order valence-electron chi connectivity index (χ3n) is 3.82. The first-order valence-corrected chi connectivity index (χ1v) is 6.74. The highest BCUT2D eigenvalue weighted by molar-refractivity contribution is 6.15. The fraction of sp³-hybridized carbons (Fsp3) is 0.267. The van der Waals surface area contributed by atoms with Gasteiger partial charge >= 0.3 is 0 Å². The third kappa shape index (κ3) is 1.66. The molecule has 2 aromatic heterocycles. The van der Waals surface area contributed by atoms with Gasteiger partial charge in [-0.25, -0.2) is 9.98 Å². The molecule has 3 heterocycles.